The molecule has 0 bridgehead atoms. The van der Waals surface area contributed by atoms with Gasteiger partial charge in [0.1, 0.15) is 0 Å². The zero-order chi connectivity index (χ0) is 50.8. The third-order valence-electron chi connectivity index (χ3n) is 12.6. The number of carbonyl (C=O) groups is 4. The molecule has 0 saturated heterocycles. The van der Waals surface area contributed by atoms with E-state index in [0.717, 1.165) is 74.3 Å². The van der Waals surface area contributed by atoms with Crippen molar-refractivity contribution in [1.29, 1.82) is 0 Å². The average Bonchev–Trinajstić information content (AvgIpc) is 3.43. The molecular formula is C63H60N6O4. The number of amides is 2. The molecule has 0 heterocycles. The van der Waals surface area contributed by atoms with Crippen molar-refractivity contribution in [1.82, 2.24) is 5.32 Å². The standard InChI is InChI=1S/C33H29N3O2.C30H31N3O2/c34-33(38)26-16-18-31(36-28-17-15-24-11-7-8-12-25(24)20-28)29(21-26)30(19-23-9-3-1-4-10-23)32(37)22-35-27-13-5-2-6-14-27;1-2-3-13-28(29(34)21-31-25-11-5-4-6-12-25)33-30(35)23-15-17-26(18-16-23)32-27-19-14-22-9-7-8-10-24(22)20-27/h1-18,20-21,30,35-36H,19,22H2,(H2,34,38);4-12,14-20,28,31-32H,2-3,13,21H2,1H3,(H,33,35)/t30-;/m0./s1. The lowest BCUT2D eigenvalue weighted by molar-refractivity contribution is -0.119. The Kier molecular flexibility index (Phi) is 17.4. The number of nitrogens with one attached hydrogen (secondary N) is 5. The van der Waals surface area contributed by atoms with Crippen molar-refractivity contribution < 1.29 is 19.2 Å². The van der Waals surface area contributed by atoms with E-state index in [-0.39, 0.29) is 30.6 Å². The molecule has 0 aliphatic carbocycles. The Labute approximate surface area is 427 Å². The predicted octanol–water partition coefficient (Wildman–Crippen LogP) is 13.2. The summed E-state index contributed by atoms with van der Waals surface area (Å²) in [6, 6.07) is 70.0. The third-order valence-corrected chi connectivity index (χ3v) is 12.6. The first-order chi connectivity index (χ1) is 35.7. The van der Waals surface area contributed by atoms with E-state index in [4.69, 9.17) is 5.73 Å². The first-order valence-electron chi connectivity index (χ1n) is 24.7. The van der Waals surface area contributed by atoms with E-state index in [0.29, 0.717) is 24.0 Å². The molecule has 73 heavy (non-hydrogen) atoms. The number of para-hydroxylation sites is 2. The number of rotatable bonds is 21. The highest BCUT2D eigenvalue weighted by atomic mass is 16.2. The smallest absolute Gasteiger partial charge is 0.251 e. The van der Waals surface area contributed by atoms with Crippen LogP contribution in [0.1, 0.15) is 63.9 Å². The van der Waals surface area contributed by atoms with Gasteiger partial charge in [0.2, 0.25) is 5.91 Å². The maximum Gasteiger partial charge on any atom is 0.251 e. The fourth-order valence-electron chi connectivity index (χ4n) is 8.63. The van der Waals surface area contributed by atoms with Crippen LogP contribution in [0.5, 0.6) is 0 Å². The number of benzene rings is 9. The second kappa shape index (κ2) is 25.2. The van der Waals surface area contributed by atoms with Crippen LogP contribution in [0.15, 0.2) is 218 Å². The summed E-state index contributed by atoms with van der Waals surface area (Å²) in [5, 5.41) is 20.8. The molecule has 366 valence electrons. The fraction of sp³-hybridized carbons (Fsp3) is 0.143. The van der Waals surface area contributed by atoms with Crippen LogP contribution in [0.4, 0.5) is 34.1 Å². The highest BCUT2D eigenvalue weighted by molar-refractivity contribution is 5.99. The molecule has 9 aromatic rings. The number of hydrogen-bond donors (Lipinski definition) is 6. The SMILES string of the molecule is CCCCC(NC(=O)c1ccc(Nc2ccc3ccccc3c2)cc1)C(=O)CNc1ccccc1.NC(=O)c1ccc(Nc2ccc3ccccc3c2)c([C@H](Cc2ccccc2)C(=O)CNc2ccccc2)c1. The predicted molar refractivity (Wildman–Crippen MR) is 299 cm³/mol. The molecule has 0 aliphatic heterocycles. The van der Waals surface area contributed by atoms with Gasteiger partial charge in [-0.3, -0.25) is 19.2 Å². The van der Waals surface area contributed by atoms with Gasteiger partial charge in [-0.2, -0.15) is 0 Å². The number of anilines is 6. The first-order valence-corrected chi connectivity index (χ1v) is 24.7. The average molecular weight is 965 g/mol. The molecule has 0 spiro atoms. The van der Waals surface area contributed by atoms with E-state index in [1.54, 1.807) is 24.3 Å². The molecule has 0 saturated carbocycles. The molecule has 9 rings (SSSR count). The Balaban J connectivity index is 0.000000196. The summed E-state index contributed by atoms with van der Waals surface area (Å²) in [5.41, 5.74) is 13.6. The lowest BCUT2D eigenvalue weighted by Gasteiger charge is -2.22. The molecule has 2 amide bonds. The minimum absolute atomic E-state index is 0.0147. The number of Topliss-reactive ketones (excluding diaryl/α,β-unsaturated/α-hetero) is 2. The van der Waals surface area contributed by atoms with Gasteiger partial charge in [0.05, 0.1) is 25.0 Å². The van der Waals surface area contributed by atoms with Crippen LogP contribution in [0, 0.1) is 0 Å². The quantitative estimate of drug-likeness (QED) is 0.0416. The minimum atomic E-state index is -0.531. The molecule has 10 nitrogen and oxygen atoms in total. The van der Waals surface area contributed by atoms with E-state index >= 15 is 0 Å². The van der Waals surface area contributed by atoms with Crippen molar-refractivity contribution >= 4 is 79.1 Å². The molecule has 1 unspecified atom stereocenters. The molecule has 0 fully saturated rings. The highest BCUT2D eigenvalue weighted by Crippen LogP contribution is 2.33. The van der Waals surface area contributed by atoms with E-state index in [9.17, 15) is 19.2 Å². The van der Waals surface area contributed by atoms with Gasteiger partial charge in [-0.15, -0.1) is 0 Å². The van der Waals surface area contributed by atoms with Gasteiger partial charge in [0, 0.05) is 45.3 Å². The number of nitrogens with two attached hydrogens (primary N) is 1. The largest absolute Gasteiger partial charge is 0.378 e. The summed E-state index contributed by atoms with van der Waals surface area (Å²) < 4.78 is 0. The van der Waals surface area contributed by atoms with Crippen LogP contribution in [0.2, 0.25) is 0 Å². The lowest BCUT2D eigenvalue weighted by atomic mass is 9.86. The Bertz CT molecular complexity index is 3280. The summed E-state index contributed by atoms with van der Waals surface area (Å²) >= 11 is 0. The first kappa shape index (κ1) is 50.4. The Morgan fingerprint density at radius 2 is 0.959 bits per heavy atom. The third kappa shape index (κ3) is 14.3. The zero-order valence-electron chi connectivity index (χ0n) is 40.9. The molecule has 0 radical (unpaired) electrons. The number of carbonyl (C=O) groups excluding carboxylic acids is 4. The maximum atomic E-state index is 13.8. The van der Waals surface area contributed by atoms with Gasteiger partial charge in [-0.1, -0.05) is 147 Å². The van der Waals surface area contributed by atoms with Gasteiger partial charge < -0.3 is 32.3 Å². The van der Waals surface area contributed by atoms with E-state index in [2.05, 4.69) is 82.0 Å². The summed E-state index contributed by atoms with van der Waals surface area (Å²) in [5.74, 6) is -1.28. The van der Waals surface area contributed by atoms with Gasteiger partial charge >= 0.3 is 0 Å². The van der Waals surface area contributed by atoms with Crippen molar-refractivity contribution in [2.75, 3.05) is 34.4 Å². The summed E-state index contributed by atoms with van der Waals surface area (Å²) in [7, 11) is 0. The number of fused-ring (bicyclic) bond motifs is 2. The summed E-state index contributed by atoms with van der Waals surface area (Å²) in [4.78, 5) is 51.7. The second-order valence-corrected chi connectivity index (χ2v) is 17.9. The van der Waals surface area contributed by atoms with Crippen molar-refractivity contribution in [3.63, 3.8) is 0 Å². The Morgan fingerprint density at radius 3 is 1.52 bits per heavy atom. The molecule has 7 N–H and O–H groups in total. The van der Waals surface area contributed by atoms with Crippen LogP contribution in [0.25, 0.3) is 21.5 Å². The zero-order valence-corrected chi connectivity index (χ0v) is 40.9. The van der Waals surface area contributed by atoms with Crippen LogP contribution in [-0.2, 0) is 16.0 Å². The molecule has 10 heteroatoms. The van der Waals surface area contributed by atoms with Crippen LogP contribution < -0.4 is 32.3 Å². The van der Waals surface area contributed by atoms with Crippen molar-refractivity contribution in [2.45, 2.75) is 44.6 Å². The van der Waals surface area contributed by atoms with Crippen molar-refractivity contribution in [2.24, 2.45) is 5.73 Å². The topological polar surface area (TPSA) is 154 Å². The van der Waals surface area contributed by atoms with E-state index < -0.39 is 17.9 Å². The maximum absolute atomic E-state index is 13.8. The normalized spacial score (nSPS) is 11.6. The molecular weight excluding hydrogens is 905 g/mol. The second-order valence-electron chi connectivity index (χ2n) is 17.9. The van der Waals surface area contributed by atoms with Gasteiger partial charge in [0.15, 0.2) is 11.6 Å². The monoisotopic (exact) mass is 964 g/mol. The van der Waals surface area contributed by atoms with Gasteiger partial charge in [-0.25, -0.2) is 0 Å². The van der Waals surface area contributed by atoms with E-state index in [1.807, 2.05) is 146 Å². The number of unbranched alkanes of at least 4 members (excludes halogenated alkanes) is 1. The van der Waals surface area contributed by atoms with Gasteiger partial charge in [0.25, 0.3) is 5.91 Å². The fourth-order valence-corrected chi connectivity index (χ4v) is 8.63. The van der Waals surface area contributed by atoms with Crippen LogP contribution in [-0.4, -0.2) is 42.5 Å². The van der Waals surface area contributed by atoms with Crippen LogP contribution in [0.3, 0.4) is 0 Å². The van der Waals surface area contributed by atoms with Crippen LogP contribution >= 0.6 is 0 Å². The van der Waals surface area contributed by atoms with Gasteiger partial charge in [-0.05, 0) is 137 Å². The minimum Gasteiger partial charge on any atom is -0.378 e. The van der Waals surface area contributed by atoms with Crippen molar-refractivity contribution in [3.05, 3.63) is 241 Å². The lowest BCUT2D eigenvalue weighted by Crippen LogP contribution is -2.43. The number of primary amides is 1. The van der Waals surface area contributed by atoms with Crippen molar-refractivity contribution in [3.8, 4) is 0 Å². The number of ketones is 2. The van der Waals surface area contributed by atoms with E-state index in [1.165, 1.54) is 5.39 Å². The highest BCUT2D eigenvalue weighted by Gasteiger charge is 2.26. The Hall–Kier alpha value is -9.02. The summed E-state index contributed by atoms with van der Waals surface area (Å²) in [6.45, 7) is 2.40. The molecule has 9 aromatic carbocycles. The molecule has 2 atom stereocenters. The number of hydrogen-bond acceptors (Lipinski definition) is 8. The molecule has 0 aliphatic rings. The molecule has 0 aromatic heterocycles. The summed E-state index contributed by atoms with van der Waals surface area (Å²) in [6.07, 6.45) is 2.95. The Morgan fingerprint density at radius 1 is 0.466 bits per heavy atom.